The molecule has 0 aliphatic carbocycles. The number of carbonyl (C=O) groups is 1. The summed E-state index contributed by atoms with van der Waals surface area (Å²) in [5, 5.41) is 12.3. The van der Waals surface area contributed by atoms with Gasteiger partial charge in [-0.2, -0.15) is 0 Å². The Kier molecular flexibility index (Phi) is 3.44. The number of aliphatic carboxylic acids is 1. The molecule has 2 aromatic rings. The van der Waals surface area contributed by atoms with Crippen molar-refractivity contribution < 1.29 is 9.90 Å². The maximum atomic E-state index is 11.6. The van der Waals surface area contributed by atoms with Crippen molar-refractivity contribution in [2.45, 2.75) is 32.4 Å². The zero-order valence-electron chi connectivity index (χ0n) is 11.2. The van der Waals surface area contributed by atoms with Crippen LogP contribution in [-0.4, -0.2) is 22.1 Å². The molecule has 0 saturated carbocycles. The lowest BCUT2D eigenvalue weighted by Crippen LogP contribution is -2.45. The van der Waals surface area contributed by atoms with Crippen molar-refractivity contribution in [3.05, 3.63) is 46.5 Å². The molecule has 104 valence electrons. The average Bonchev–Trinajstić information content (AvgIpc) is 2.94. The molecule has 5 heteroatoms. The van der Waals surface area contributed by atoms with E-state index < -0.39 is 12.0 Å². The zero-order chi connectivity index (χ0) is 14.1. The van der Waals surface area contributed by atoms with Crippen LogP contribution < -0.4 is 4.90 Å². The van der Waals surface area contributed by atoms with Crippen molar-refractivity contribution in [2.24, 2.45) is 0 Å². The van der Waals surface area contributed by atoms with Gasteiger partial charge in [0.05, 0.1) is 5.69 Å². The molecule has 1 aromatic carbocycles. The number of carboxylic acids is 1. The van der Waals surface area contributed by atoms with Crippen LogP contribution in [0, 0.1) is 0 Å². The normalized spacial score (nSPS) is 17.9. The molecular formula is C15H16N2O2S. The first-order chi connectivity index (χ1) is 9.69. The van der Waals surface area contributed by atoms with Gasteiger partial charge in [0.1, 0.15) is 6.04 Å². The summed E-state index contributed by atoms with van der Waals surface area (Å²) in [6, 6.07) is 7.51. The molecule has 1 aliphatic heterocycles. The van der Waals surface area contributed by atoms with Crippen LogP contribution >= 0.6 is 11.3 Å². The fraction of sp³-hybridized carbons (Fsp3) is 0.333. The van der Waals surface area contributed by atoms with E-state index in [0.717, 1.165) is 22.8 Å². The minimum absolute atomic E-state index is 0.527. The lowest BCUT2D eigenvalue weighted by atomic mass is 9.94. The molecule has 1 unspecified atom stereocenters. The summed E-state index contributed by atoms with van der Waals surface area (Å²) in [6.07, 6.45) is 1.41. The number of aryl methyl sites for hydroxylation is 1. The van der Waals surface area contributed by atoms with E-state index >= 15 is 0 Å². The molecule has 1 aliphatic rings. The first-order valence-electron chi connectivity index (χ1n) is 6.69. The molecule has 0 radical (unpaired) electrons. The predicted molar refractivity (Wildman–Crippen MR) is 79.2 cm³/mol. The van der Waals surface area contributed by atoms with E-state index in [1.807, 2.05) is 28.5 Å². The first-order valence-corrected chi connectivity index (χ1v) is 7.57. The number of thiazole rings is 1. The van der Waals surface area contributed by atoms with Gasteiger partial charge < -0.3 is 10.0 Å². The van der Waals surface area contributed by atoms with E-state index in [0.29, 0.717) is 13.0 Å². The van der Waals surface area contributed by atoms with Gasteiger partial charge in [-0.1, -0.05) is 31.2 Å². The van der Waals surface area contributed by atoms with E-state index in [2.05, 4.69) is 18.0 Å². The Hall–Kier alpha value is -1.88. The largest absolute Gasteiger partial charge is 0.480 e. The highest BCUT2D eigenvalue weighted by Crippen LogP contribution is 2.31. The average molecular weight is 288 g/mol. The van der Waals surface area contributed by atoms with E-state index in [9.17, 15) is 9.90 Å². The number of aromatic nitrogens is 1. The SMILES string of the molecule is CCc1csc(N2Cc3ccccc3CC2C(=O)O)n1. The van der Waals surface area contributed by atoms with Crippen LogP contribution in [0.4, 0.5) is 5.13 Å². The second-order valence-corrected chi connectivity index (χ2v) is 5.77. The number of hydrogen-bond acceptors (Lipinski definition) is 4. The van der Waals surface area contributed by atoms with Crippen LogP contribution in [0.1, 0.15) is 23.7 Å². The Labute approximate surface area is 121 Å². The van der Waals surface area contributed by atoms with Crippen LogP contribution in [0.3, 0.4) is 0 Å². The predicted octanol–water partition coefficient (Wildman–Crippen LogP) is 2.72. The van der Waals surface area contributed by atoms with E-state index in [4.69, 9.17) is 0 Å². The van der Waals surface area contributed by atoms with Crippen molar-refractivity contribution in [3.8, 4) is 0 Å². The van der Waals surface area contributed by atoms with Gasteiger partial charge >= 0.3 is 5.97 Å². The van der Waals surface area contributed by atoms with Gasteiger partial charge in [-0.05, 0) is 17.5 Å². The fourth-order valence-electron chi connectivity index (χ4n) is 2.54. The smallest absolute Gasteiger partial charge is 0.326 e. The molecule has 1 N–H and O–H groups in total. The molecule has 0 fully saturated rings. The van der Waals surface area contributed by atoms with Gasteiger partial charge in [0.25, 0.3) is 0 Å². The highest BCUT2D eigenvalue weighted by Gasteiger charge is 2.32. The Bertz CT molecular complexity index is 638. The van der Waals surface area contributed by atoms with Crippen molar-refractivity contribution >= 4 is 22.4 Å². The summed E-state index contributed by atoms with van der Waals surface area (Å²) in [5.74, 6) is -0.784. The summed E-state index contributed by atoms with van der Waals surface area (Å²) >= 11 is 1.53. The lowest BCUT2D eigenvalue weighted by Gasteiger charge is -2.34. The van der Waals surface area contributed by atoms with Crippen LogP contribution in [0.15, 0.2) is 29.6 Å². The third-order valence-electron chi connectivity index (χ3n) is 3.68. The lowest BCUT2D eigenvalue weighted by molar-refractivity contribution is -0.138. The minimum Gasteiger partial charge on any atom is -0.480 e. The minimum atomic E-state index is -0.784. The number of carboxylic acid groups (broad SMARTS) is 1. The van der Waals surface area contributed by atoms with Crippen molar-refractivity contribution in [1.29, 1.82) is 0 Å². The van der Waals surface area contributed by atoms with Crippen LogP contribution in [-0.2, 0) is 24.2 Å². The van der Waals surface area contributed by atoms with Crippen LogP contribution in [0.2, 0.25) is 0 Å². The van der Waals surface area contributed by atoms with E-state index in [1.165, 1.54) is 16.9 Å². The van der Waals surface area contributed by atoms with Gasteiger partial charge in [-0.25, -0.2) is 9.78 Å². The van der Waals surface area contributed by atoms with Crippen LogP contribution in [0.25, 0.3) is 0 Å². The molecule has 0 saturated heterocycles. The summed E-state index contributed by atoms with van der Waals surface area (Å²) in [7, 11) is 0. The molecular weight excluding hydrogens is 272 g/mol. The molecule has 1 atom stereocenters. The Morgan fingerprint density at radius 1 is 1.45 bits per heavy atom. The molecule has 2 heterocycles. The maximum Gasteiger partial charge on any atom is 0.326 e. The Morgan fingerprint density at radius 2 is 2.20 bits per heavy atom. The Morgan fingerprint density at radius 3 is 2.85 bits per heavy atom. The fourth-order valence-corrected chi connectivity index (χ4v) is 3.49. The van der Waals surface area contributed by atoms with E-state index in [1.54, 1.807) is 0 Å². The molecule has 1 aromatic heterocycles. The summed E-state index contributed by atoms with van der Waals surface area (Å²) in [4.78, 5) is 18.0. The Balaban J connectivity index is 1.97. The second kappa shape index (κ2) is 5.25. The summed E-state index contributed by atoms with van der Waals surface area (Å²) in [6.45, 7) is 2.67. The molecule has 4 nitrogen and oxygen atoms in total. The van der Waals surface area contributed by atoms with Gasteiger partial charge in [0.2, 0.25) is 0 Å². The molecule has 20 heavy (non-hydrogen) atoms. The monoisotopic (exact) mass is 288 g/mol. The molecule has 0 spiro atoms. The standard InChI is InChI=1S/C15H16N2O2S/c1-2-12-9-20-15(16-12)17-8-11-6-4-3-5-10(11)7-13(17)14(18)19/h3-6,9,13H,2,7-8H2,1H3,(H,18,19). The first kappa shape index (κ1) is 13.1. The van der Waals surface area contributed by atoms with Crippen molar-refractivity contribution in [3.63, 3.8) is 0 Å². The highest BCUT2D eigenvalue weighted by molar-refractivity contribution is 7.13. The number of benzene rings is 1. The van der Waals surface area contributed by atoms with Gasteiger partial charge in [-0.15, -0.1) is 11.3 Å². The van der Waals surface area contributed by atoms with Gasteiger partial charge in [-0.3, -0.25) is 0 Å². The maximum absolute atomic E-state index is 11.6. The number of anilines is 1. The molecule has 3 rings (SSSR count). The van der Waals surface area contributed by atoms with E-state index in [-0.39, 0.29) is 0 Å². The summed E-state index contributed by atoms with van der Waals surface area (Å²) < 4.78 is 0. The number of fused-ring (bicyclic) bond motifs is 1. The topological polar surface area (TPSA) is 53.4 Å². The van der Waals surface area contributed by atoms with Gasteiger partial charge in [0.15, 0.2) is 5.13 Å². The quantitative estimate of drug-likeness (QED) is 0.943. The highest BCUT2D eigenvalue weighted by atomic mass is 32.1. The van der Waals surface area contributed by atoms with Crippen molar-refractivity contribution in [2.75, 3.05) is 4.90 Å². The third-order valence-corrected chi connectivity index (χ3v) is 4.61. The van der Waals surface area contributed by atoms with Crippen molar-refractivity contribution in [1.82, 2.24) is 4.98 Å². The zero-order valence-corrected chi connectivity index (χ0v) is 12.1. The second-order valence-electron chi connectivity index (χ2n) is 4.93. The number of hydrogen-bond donors (Lipinski definition) is 1. The summed E-state index contributed by atoms with van der Waals surface area (Å²) in [5.41, 5.74) is 3.34. The molecule has 0 bridgehead atoms. The van der Waals surface area contributed by atoms with Crippen LogP contribution in [0.5, 0.6) is 0 Å². The number of rotatable bonds is 3. The number of nitrogens with zero attached hydrogens (tertiary/aromatic N) is 2. The van der Waals surface area contributed by atoms with Gasteiger partial charge in [0, 0.05) is 18.3 Å². The third kappa shape index (κ3) is 2.29. The molecule has 0 amide bonds.